The Balaban J connectivity index is 4.52. The van der Waals surface area contributed by atoms with E-state index in [0.29, 0.717) is 12.3 Å². The first kappa shape index (κ1) is 17.4. The summed E-state index contributed by atoms with van der Waals surface area (Å²) >= 11 is 0. The Bertz CT molecular complexity index is 256. The zero-order valence-corrected chi connectivity index (χ0v) is 12.8. The zero-order valence-electron chi connectivity index (χ0n) is 12.8. The van der Waals surface area contributed by atoms with Crippen molar-refractivity contribution in [2.24, 2.45) is 5.92 Å². The average Bonchev–Trinajstić information content (AvgIpc) is 2.25. The van der Waals surface area contributed by atoms with Gasteiger partial charge >= 0.3 is 5.97 Å². The van der Waals surface area contributed by atoms with E-state index in [1.54, 1.807) is 6.92 Å². The normalized spacial score (nSPS) is 16.9. The summed E-state index contributed by atoms with van der Waals surface area (Å²) in [6.45, 7) is 12.0. The fraction of sp³-hybridized carbons (Fsp3) is 0.929. The maximum absolute atomic E-state index is 11.4. The molecule has 4 heteroatoms. The van der Waals surface area contributed by atoms with Crippen molar-refractivity contribution in [3.05, 3.63) is 0 Å². The monoisotopic (exact) mass is 258 g/mol. The second-order valence-electron chi connectivity index (χ2n) is 5.95. The maximum Gasteiger partial charge on any atom is 0.323 e. The first-order chi connectivity index (χ1) is 8.23. The Kier molecular flexibility index (Phi) is 7.48. The summed E-state index contributed by atoms with van der Waals surface area (Å²) in [5.41, 5.74) is -0.833. The van der Waals surface area contributed by atoms with Crippen molar-refractivity contribution in [1.82, 2.24) is 10.2 Å². The summed E-state index contributed by atoms with van der Waals surface area (Å²) in [6.07, 6.45) is 1.56. The van der Waals surface area contributed by atoms with Crippen LogP contribution in [0, 0.1) is 5.92 Å². The third-order valence-electron chi connectivity index (χ3n) is 3.35. The van der Waals surface area contributed by atoms with Gasteiger partial charge in [-0.3, -0.25) is 4.79 Å². The van der Waals surface area contributed by atoms with Crippen LogP contribution in [-0.4, -0.2) is 47.7 Å². The highest BCUT2D eigenvalue weighted by Gasteiger charge is 2.34. The minimum Gasteiger partial charge on any atom is -0.480 e. The molecule has 0 heterocycles. The number of hydrogen-bond acceptors (Lipinski definition) is 3. The lowest BCUT2D eigenvalue weighted by Crippen LogP contribution is -2.53. The number of aliphatic carboxylic acids is 1. The molecule has 0 rings (SSSR count). The highest BCUT2D eigenvalue weighted by molar-refractivity contribution is 5.78. The lowest BCUT2D eigenvalue weighted by molar-refractivity contribution is -0.145. The molecule has 0 saturated heterocycles. The molecule has 0 fully saturated rings. The van der Waals surface area contributed by atoms with Crippen LogP contribution in [0.15, 0.2) is 0 Å². The van der Waals surface area contributed by atoms with Gasteiger partial charge in [0.2, 0.25) is 0 Å². The maximum atomic E-state index is 11.4. The Morgan fingerprint density at radius 1 is 1.39 bits per heavy atom. The Hall–Kier alpha value is -0.610. The fourth-order valence-electron chi connectivity index (χ4n) is 2.14. The number of nitrogens with zero attached hydrogens (tertiary/aromatic N) is 1. The first-order valence-electron chi connectivity index (χ1n) is 6.91. The molecule has 18 heavy (non-hydrogen) atoms. The van der Waals surface area contributed by atoms with E-state index in [1.165, 1.54) is 0 Å². The van der Waals surface area contributed by atoms with Crippen LogP contribution in [0.1, 0.15) is 47.5 Å². The minimum atomic E-state index is -0.833. The smallest absolute Gasteiger partial charge is 0.323 e. The van der Waals surface area contributed by atoms with E-state index in [0.717, 1.165) is 19.5 Å². The van der Waals surface area contributed by atoms with Gasteiger partial charge in [0.25, 0.3) is 0 Å². The Morgan fingerprint density at radius 2 is 1.94 bits per heavy atom. The van der Waals surface area contributed by atoms with E-state index < -0.39 is 11.5 Å². The molecular formula is C14H30N2O2. The number of nitrogens with one attached hydrogen (secondary N) is 1. The van der Waals surface area contributed by atoms with E-state index in [-0.39, 0.29) is 6.04 Å². The molecule has 0 bridgehead atoms. The summed E-state index contributed by atoms with van der Waals surface area (Å²) in [4.78, 5) is 13.7. The van der Waals surface area contributed by atoms with Crippen LogP contribution in [0.3, 0.4) is 0 Å². The molecule has 0 radical (unpaired) electrons. The van der Waals surface area contributed by atoms with Crippen LogP contribution in [0.5, 0.6) is 0 Å². The summed E-state index contributed by atoms with van der Waals surface area (Å²) in [5.74, 6) is -0.169. The largest absolute Gasteiger partial charge is 0.480 e. The second-order valence-corrected chi connectivity index (χ2v) is 5.95. The van der Waals surface area contributed by atoms with Crippen molar-refractivity contribution < 1.29 is 9.90 Å². The molecule has 0 spiro atoms. The van der Waals surface area contributed by atoms with Gasteiger partial charge in [0, 0.05) is 12.6 Å². The average molecular weight is 258 g/mol. The lowest BCUT2D eigenvalue weighted by atomic mass is 9.92. The number of hydrogen-bond donors (Lipinski definition) is 2. The zero-order chi connectivity index (χ0) is 14.3. The molecule has 2 atom stereocenters. The molecule has 4 nitrogen and oxygen atoms in total. The lowest BCUT2D eigenvalue weighted by Gasteiger charge is -2.34. The number of rotatable bonds is 9. The van der Waals surface area contributed by atoms with Crippen molar-refractivity contribution in [3.8, 4) is 0 Å². The number of carboxylic acid groups (broad SMARTS) is 1. The molecule has 0 saturated carbocycles. The second kappa shape index (κ2) is 7.74. The van der Waals surface area contributed by atoms with E-state index in [1.807, 2.05) is 6.92 Å². The van der Waals surface area contributed by atoms with Crippen molar-refractivity contribution in [1.29, 1.82) is 0 Å². The molecule has 0 aliphatic heterocycles. The highest BCUT2D eigenvalue weighted by atomic mass is 16.4. The van der Waals surface area contributed by atoms with Gasteiger partial charge in [-0.05, 0) is 46.2 Å². The quantitative estimate of drug-likeness (QED) is 0.665. The predicted molar refractivity (Wildman–Crippen MR) is 75.9 cm³/mol. The molecule has 2 unspecified atom stereocenters. The molecule has 0 aromatic rings. The van der Waals surface area contributed by atoms with Crippen LogP contribution in [-0.2, 0) is 4.79 Å². The highest BCUT2D eigenvalue weighted by Crippen LogP contribution is 2.17. The van der Waals surface area contributed by atoms with Gasteiger partial charge in [-0.2, -0.15) is 0 Å². The molecule has 0 amide bonds. The van der Waals surface area contributed by atoms with E-state index >= 15 is 0 Å². The van der Waals surface area contributed by atoms with Crippen LogP contribution in [0.25, 0.3) is 0 Å². The van der Waals surface area contributed by atoms with E-state index in [4.69, 9.17) is 0 Å². The van der Waals surface area contributed by atoms with E-state index in [9.17, 15) is 9.90 Å². The van der Waals surface area contributed by atoms with E-state index in [2.05, 4.69) is 38.0 Å². The predicted octanol–water partition coefficient (Wildman–Crippen LogP) is 2.20. The van der Waals surface area contributed by atoms with Gasteiger partial charge in [-0.25, -0.2) is 0 Å². The minimum absolute atomic E-state index is 0.248. The summed E-state index contributed by atoms with van der Waals surface area (Å²) in [6, 6.07) is 0.248. The number of carboxylic acids is 1. The molecule has 0 aromatic heterocycles. The summed E-state index contributed by atoms with van der Waals surface area (Å²) in [7, 11) is 2.06. The Labute approximate surface area is 112 Å². The van der Waals surface area contributed by atoms with Crippen molar-refractivity contribution >= 4 is 5.97 Å². The van der Waals surface area contributed by atoms with Crippen molar-refractivity contribution in [3.63, 3.8) is 0 Å². The topological polar surface area (TPSA) is 52.6 Å². The SMILES string of the molecule is CCCNC(C)(CC(C)N(C)CC(C)C)C(=O)O. The first-order valence-corrected chi connectivity index (χ1v) is 6.91. The molecule has 0 aliphatic carbocycles. The van der Waals surface area contributed by atoms with Gasteiger partial charge in [0.05, 0.1) is 0 Å². The van der Waals surface area contributed by atoms with Crippen LogP contribution in [0.4, 0.5) is 0 Å². The van der Waals surface area contributed by atoms with Crippen LogP contribution >= 0.6 is 0 Å². The van der Waals surface area contributed by atoms with Crippen LogP contribution in [0.2, 0.25) is 0 Å². The summed E-state index contributed by atoms with van der Waals surface area (Å²) in [5, 5.41) is 12.5. The number of carbonyl (C=O) groups is 1. The Morgan fingerprint density at radius 3 is 2.33 bits per heavy atom. The molecule has 108 valence electrons. The molecule has 0 aromatic carbocycles. The van der Waals surface area contributed by atoms with Gasteiger partial charge in [0.1, 0.15) is 5.54 Å². The van der Waals surface area contributed by atoms with Gasteiger partial charge in [-0.15, -0.1) is 0 Å². The third kappa shape index (κ3) is 5.83. The third-order valence-corrected chi connectivity index (χ3v) is 3.35. The van der Waals surface area contributed by atoms with Gasteiger partial charge in [0.15, 0.2) is 0 Å². The molecule has 0 aliphatic rings. The molecular weight excluding hydrogens is 228 g/mol. The van der Waals surface area contributed by atoms with Gasteiger partial charge < -0.3 is 15.3 Å². The molecule has 2 N–H and O–H groups in total. The van der Waals surface area contributed by atoms with Crippen molar-refractivity contribution in [2.75, 3.05) is 20.1 Å². The van der Waals surface area contributed by atoms with Gasteiger partial charge in [-0.1, -0.05) is 20.8 Å². The van der Waals surface area contributed by atoms with Crippen molar-refractivity contribution in [2.45, 2.75) is 59.0 Å². The standard InChI is InChI=1S/C14H30N2O2/c1-7-8-15-14(5,13(17)18)9-12(4)16(6)10-11(2)3/h11-12,15H,7-10H2,1-6H3,(H,17,18). The van der Waals surface area contributed by atoms with Crippen LogP contribution < -0.4 is 5.32 Å². The fourth-order valence-corrected chi connectivity index (χ4v) is 2.14. The summed E-state index contributed by atoms with van der Waals surface area (Å²) < 4.78 is 0.